The van der Waals surface area contributed by atoms with Gasteiger partial charge in [0.15, 0.2) is 0 Å². The average molecular weight is 637 g/mol. The summed E-state index contributed by atoms with van der Waals surface area (Å²) in [5, 5.41) is 11.8. The molecule has 2 aliphatic rings. The number of fused-ring (bicyclic) bond motifs is 3. The van der Waals surface area contributed by atoms with Gasteiger partial charge in [0, 0.05) is 31.7 Å². The lowest BCUT2D eigenvalue weighted by Gasteiger charge is -2.22. The van der Waals surface area contributed by atoms with Crippen LogP contribution in [0.4, 0.5) is 0 Å². The first-order valence-corrected chi connectivity index (χ1v) is 17.4. The summed E-state index contributed by atoms with van der Waals surface area (Å²) in [4.78, 5) is 3.48. The van der Waals surface area contributed by atoms with Gasteiger partial charge in [-0.1, -0.05) is 110 Å². The van der Waals surface area contributed by atoms with Crippen LogP contribution in [-0.2, 0) is 13.0 Å². The first-order chi connectivity index (χ1) is 22.9. The van der Waals surface area contributed by atoms with E-state index < -0.39 is 0 Å². The minimum atomic E-state index is 0. The molecule has 4 aromatic rings. The van der Waals surface area contributed by atoms with Gasteiger partial charge in [0.05, 0.1) is 6.61 Å². The molecule has 1 aromatic heterocycles. The van der Waals surface area contributed by atoms with E-state index in [1.165, 1.54) is 70.1 Å². The minimum Gasteiger partial charge on any atom is -0.494 e. The molecule has 254 valence electrons. The number of aromatic amines is 1. The van der Waals surface area contributed by atoms with Crippen LogP contribution in [0, 0.1) is 32.6 Å². The Kier molecular flexibility index (Phi) is 16.3. The Hall–Kier alpha value is -3.86. The fourth-order valence-corrected chi connectivity index (χ4v) is 6.11. The quantitative estimate of drug-likeness (QED) is 0.160. The number of aromatic nitrogens is 1. The van der Waals surface area contributed by atoms with Crippen LogP contribution in [0.25, 0.3) is 17.0 Å². The molecule has 3 N–H and O–H groups in total. The van der Waals surface area contributed by atoms with Gasteiger partial charge in [0.2, 0.25) is 0 Å². The average Bonchev–Trinajstić information content (AvgIpc) is 3.47. The zero-order valence-corrected chi connectivity index (χ0v) is 29.7. The smallest absolute Gasteiger partial charge is 0.119 e. The van der Waals surface area contributed by atoms with E-state index in [4.69, 9.17) is 9.84 Å². The van der Waals surface area contributed by atoms with Gasteiger partial charge in [0.25, 0.3) is 0 Å². The van der Waals surface area contributed by atoms with Crippen molar-refractivity contribution in [2.24, 2.45) is 11.8 Å². The predicted molar refractivity (Wildman–Crippen MR) is 205 cm³/mol. The SMILES string of the molecule is C=Cc1ccc(C)cc1.CCCC(CCCOc1ccc(C)cc1)C1=CC(C)CC=C1.CO.Cc1ccc2[nH]c3c(c2c1)CCNC3.[HH]. The van der Waals surface area contributed by atoms with Crippen molar-refractivity contribution in [1.29, 1.82) is 0 Å². The molecule has 2 unspecified atom stereocenters. The molecule has 2 atom stereocenters. The molecule has 0 amide bonds. The Labute approximate surface area is 286 Å². The van der Waals surface area contributed by atoms with E-state index in [1.807, 2.05) is 6.08 Å². The molecule has 0 saturated carbocycles. The number of benzene rings is 3. The Balaban J connectivity index is 0.000000263. The van der Waals surface area contributed by atoms with Crippen molar-refractivity contribution in [3.05, 3.63) is 131 Å². The highest BCUT2D eigenvalue weighted by Crippen LogP contribution is 2.29. The Morgan fingerprint density at radius 1 is 0.957 bits per heavy atom. The van der Waals surface area contributed by atoms with Gasteiger partial charge in [-0.25, -0.2) is 0 Å². The van der Waals surface area contributed by atoms with E-state index in [2.05, 4.69) is 136 Å². The van der Waals surface area contributed by atoms with Crippen molar-refractivity contribution in [3.63, 3.8) is 0 Å². The first-order valence-electron chi connectivity index (χ1n) is 17.4. The number of hydrogen-bond donors (Lipinski definition) is 3. The number of aliphatic hydroxyl groups is 1. The molecule has 47 heavy (non-hydrogen) atoms. The number of rotatable bonds is 9. The molecule has 0 saturated heterocycles. The largest absolute Gasteiger partial charge is 0.494 e. The number of aliphatic hydroxyl groups excluding tert-OH is 1. The van der Waals surface area contributed by atoms with E-state index in [0.29, 0.717) is 11.8 Å². The summed E-state index contributed by atoms with van der Waals surface area (Å²) in [6.45, 7) is 17.5. The highest BCUT2D eigenvalue weighted by atomic mass is 16.5. The van der Waals surface area contributed by atoms with Crippen molar-refractivity contribution in [3.8, 4) is 5.75 Å². The van der Waals surface area contributed by atoms with Gasteiger partial charge in [0.1, 0.15) is 5.75 Å². The lowest BCUT2D eigenvalue weighted by molar-refractivity contribution is 0.295. The van der Waals surface area contributed by atoms with Crippen LogP contribution in [0.5, 0.6) is 5.75 Å². The van der Waals surface area contributed by atoms with Gasteiger partial charge >= 0.3 is 0 Å². The number of aryl methyl sites for hydroxylation is 3. The second-order valence-corrected chi connectivity index (χ2v) is 12.7. The lowest BCUT2D eigenvalue weighted by Crippen LogP contribution is -2.22. The molecule has 0 bridgehead atoms. The highest BCUT2D eigenvalue weighted by molar-refractivity contribution is 5.85. The van der Waals surface area contributed by atoms with Crippen molar-refractivity contribution < 1.29 is 11.3 Å². The number of nitrogens with one attached hydrogen (secondary N) is 2. The summed E-state index contributed by atoms with van der Waals surface area (Å²) in [6, 6.07) is 23.2. The molecular formula is C43H60N2O2. The standard InChI is InChI=1S/C21H30O.C12H14N2.C9H10.CH4O.H2/c1-4-7-19(20-9-5-8-18(3)16-20)10-6-15-22-21-13-11-17(2)12-14-21;1-8-2-3-11-10(6-8)9-4-5-13-7-12(9)14-11;1-3-9-6-4-8(2)5-7-9;1-2;/h5,9,11-14,16,18-19H,4,6-8,10,15H2,1-3H3;2-3,6,13-14H,4-5,7H2,1H3;3-7H,1H2,2H3;2H,1H3;1H. The molecule has 0 spiro atoms. The molecule has 0 radical (unpaired) electrons. The Morgan fingerprint density at radius 2 is 1.64 bits per heavy atom. The Bertz CT molecular complexity index is 1550. The topological polar surface area (TPSA) is 57.3 Å². The monoisotopic (exact) mass is 636 g/mol. The van der Waals surface area contributed by atoms with E-state index in [9.17, 15) is 0 Å². The molecule has 4 heteroatoms. The van der Waals surface area contributed by atoms with Crippen LogP contribution < -0.4 is 10.1 Å². The van der Waals surface area contributed by atoms with Crippen LogP contribution in [0.15, 0.2) is 97.1 Å². The molecule has 0 fully saturated rings. The number of allylic oxidation sites excluding steroid dienone is 4. The van der Waals surface area contributed by atoms with Gasteiger partial charge in [-0.3, -0.25) is 0 Å². The zero-order valence-electron chi connectivity index (χ0n) is 29.7. The van der Waals surface area contributed by atoms with Crippen LogP contribution in [0.1, 0.15) is 80.9 Å². The fourth-order valence-electron chi connectivity index (χ4n) is 6.11. The third-order valence-corrected chi connectivity index (χ3v) is 8.71. The van der Waals surface area contributed by atoms with Gasteiger partial charge in [-0.2, -0.15) is 0 Å². The number of hydrogen-bond acceptors (Lipinski definition) is 3. The first kappa shape index (κ1) is 37.6. The second-order valence-electron chi connectivity index (χ2n) is 12.7. The molecule has 4 nitrogen and oxygen atoms in total. The van der Waals surface area contributed by atoms with Crippen molar-refractivity contribution in [2.75, 3.05) is 20.3 Å². The molecule has 6 rings (SSSR count). The Morgan fingerprint density at radius 3 is 2.30 bits per heavy atom. The maximum Gasteiger partial charge on any atom is 0.119 e. The maximum absolute atomic E-state index is 7.00. The molecule has 1 aliphatic heterocycles. The van der Waals surface area contributed by atoms with E-state index in [-0.39, 0.29) is 1.43 Å². The summed E-state index contributed by atoms with van der Waals surface area (Å²) in [6.07, 6.45) is 16.2. The van der Waals surface area contributed by atoms with Crippen molar-refractivity contribution in [2.45, 2.75) is 79.7 Å². The normalized spacial score (nSPS) is 15.4. The maximum atomic E-state index is 7.00. The van der Waals surface area contributed by atoms with Crippen molar-refractivity contribution in [1.82, 2.24) is 10.3 Å². The van der Waals surface area contributed by atoms with E-state index in [1.54, 1.807) is 5.57 Å². The minimum absolute atomic E-state index is 0. The lowest BCUT2D eigenvalue weighted by atomic mass is 9.84. The van der Waals surface area contributed by atoms with Gasteiger partial charge in [-0.05, 0) is 112 Å². The molecule has 2 heterocycles. The number of H-pyrrole nitrogens is 1. The van der Waals surface area contributed by atoms with Crippen LogP contribution >= 0.6 is 0 Å². The summed E-state index contributed by atoms with van der Waals surface area (Å²) >= 11 is 0. The molecule has 1 aliphatic carbocycles. The third-order valence-electron chi connectivity index (χ3n) is 8.71. The van der Waals surface area contributed by atoms with Crippen LogP contribution in [0.2, 0.25) is 0 Å². The fraction of sp³-hybridized carbons (Fsp3) is 0.395. The third kappa shape index (κ3) is 12.4. The van der Waals surface area contributed by atoms with E-state index in [0.717, 1.165) is 45.4 Å². The molecular weight excluding hydrogens is 576 g/mol. The summed E-state index contributed by atoms with van der Waals surface area (Å²) in [5.74, 6) is 2.39. The predicted octanol–water partition coefficient (Wildman–Crippen LogP) is 10.7. The second kappa shape index (κ2) is 20.4. The zero-order chi connectivity index (χ0) is 34.0. The van der Waals surface area contributed by atoms with Gasteiger partial charge in [-0.15, -0.1) is 0 Å². The van der Waals surface area contributed by atoms with E-state index >= 15 is 0 Å². The number of ether oxygens (including phenoxy) is 1. The molecule has 3 aromatic carbocycles. The van der Waals surface area contributed by atoms with Crippen molar-refractivity contribution >= 4 is 17.0 Å². The van der Waals surface area contributed by atoms with Crippen LogP contribution in [0.3, 0.4) is 0 Å². The summed E-state index contributed by atoms with van der Waals surface area (Å²) in [5.41, 5.74) is 10.8. The summed E-state index contributed by atoms with van der Waals surface area (Å²) in [7, 11) is 1.00. The highest BCUT2D eigenvalue weighted by Gasteiger charge is 2.15. The van der Waals surface area contributed by atoms with Crippen LogP contribution in [-0.4, -0.2) is 30.4 Å². The van der Waals surface area contributed by atoms with Gasteiger partial charge < -0.3 is 20.1 Å². The summed E-state index contributed by atoms with van der Waals surface area (Å²) < 4.78 is 5.86.